The zero-order chi connectivity index (χ0) is 20.3. The van der Waals surface area contributed by atoms with E-state index in [0.29, 0.717) is 21.5 Å². The number of anilines is 1. The number of nitro groups is 1. The Morgan fingerprint density at radius 3 is 2.79 bits per heavy atom. The van der Waals surface area contributed by atoms with E-state index in [0.717, 1.165) is 34.0 Å². The molecule has 1 amide bonds. The second-order valence-corrected chi connectivity index (χ2v) is 8.36. The summed E-state index contributed by atoms with van der Waals surface area (Å²) in [6.45, 7) is 2.66. The highest BCUT2D eigenvalue weighted by molar-refractivity contribution is 9.10. The lowest BCUT2D eigenvalue weighted by molar-refractivity contribution is -0.384. The molecule has 1 fully saturated rings. The van der Waals surface area contributed by atoms with Gasteiger partial charge in [-0.2, -0.15) is 0 Å². The summed E-state index contributed by atoms with van der Waals surface area (Å²) in [5, 5.41) is 11.0. The van der Waals surface area contributed by atoms with Crippen LogP contribution in [0.1, 0.15) is 18.9 Å². The summed E-state index contributed by atoms with van der Waals surface area (Å²) in [6, 6.07) is 11.4. The van der Waals surface area contributed by atoms with Crippen LogP contribution < -0.4 is 9.64 Å². The van der Waals surface area contributed by atoms with E-state index in [1.54, 1.807) is 12.1 Å². The van der Waals surface area contributed by atoms with Crippen LogP contribution in [-0.2, 0) is 4.79 Å². The average molecular weight is 479 g/mol. The van der Waals surface area contributed by atoms with Crippen LogP contribution in [0.2, 0.25) is 0 Å². The van der Waals surface area contributed by atoms with Gasteiger partial charge in [0.1, 0.15) is 5.75 Å². The van der Waals surface area contributed by atoms with E-state index in [4.69, 9.17) is 17.0 Å². The number of thiocarbonyl (C=S) groups is 1. The molecule has 9 heteroatoms. The van der Waals surface area contributed by atoms with Gasteiger partial charge in [-0.1, -0.05) is 43.0 Å². The van der Waals surface area contributed by atoms with Crippen LogP contribution in [0.25, 0.3) is 6.08 Å². The monoisotopic (exact) mass is 478 g/mol. The maximum Gasteiger partial charge on any atom is 0.271 e. The molecule has 0 unspecified atom stereocenters. The van der Waals surface area contributed by atoms with E-state index in [2.05, 4.69) is 15.9 Å². The number of halogens is 1. The number of benzene rings is 2. The Hall–Kier alpha value is -2.23. The topological polar surface area (TPSA) is 72.7 Å². The number of carbonyl (C=O) groups is 1. The molecule has 1 heterocycles. The summed E-state index contributed by atoms with van der Waals surface area (Å²) in [7, 11) is 0. The Kier molecular flexibility index (Phi) is 6.48. The summed E-state index contributed by atoms with van der Waals surface area (Å²) in [6.07, 6.45) is 2.65. The van der Waals surface area contributed by atoms with Crippen LogP contribution in [0.3, 0.4) is 0 Å². The van der Waals surface area contributed by atoms with Crippen molar-refractivity contribution in [2.45, 2.75) is 13.3 Å². The lowest BCUT2D eigenvalue weighted by Crippen LogP contribution is -2.27. The average Bonchev–Trinajstić information content (AvgIpc) is 2.94. The number of ether oxygens (including phenoxy) is 1. The van der Waals surface area contributed by atoms with Gasteiger partial charge in [0.2, 0.25) is 0 Å². The largest absolute Gasteiger partial charge is 0.492 e. The molecule has 6 nitrogen and oxygen atoms in total. The van der Waals surface area contributed by atoms with Gasteiger partial charge in [-0.05, 0) is 52.2 Å². The van der Waals surface area contributed by atoms with Gasteiger partial charge in [0.15, 0.2) is 4.32 Å². The smallest absolute Gasteiger partial charge is 0.271 e. The predicted octanol–water partition coefficient (Wildman–Crippen LogP) is 5.55. The first-order valence-electron chi connectivity index (χ1n) is 8.35. The van der Waals surface area contributed by atoms with Gasteiger partial charge in [-0.15, -0.1) is 0 Å². The molecular formula is C19H15BrN2O4S2. The fraction of sp³-hybridized carbons (Fsp3) is 0.158. The Labute approximate surface area is 179 Å². The van der Waals surface area contributed by atoms with Crippen molar-refractivity contribution >= 4 is 67.6 Å². The maximum absolute atomic E-state index is 12.8. The predicted molar refractivity (Wildman–Crippen MR) is 119 cm³/mol. The lowest BCUT2D eigenvalue weighted by Gasteiger charge is -2.14. The Morgan fingerprint density at radius 1 is 1.32 bits per heavy atom. The van der Waals surface area contributed by atoms with Crippen molar-refractivity contribution < 1.29 is 14.5 Å². The number of amides is 1. The van der Waals surface area contributed by atoms with E-state index in [1.165, 1.54) is 23.1 Å². The van der Waals surface area contributed by atoms with Crippen molar-refractivity contribution in [2.75, 3.05) is 11.5 Å². The molecule has 0 spiro atoms. The highest BCUT2D eigenvalue weighted by atomic mass is 79.9. The molecule has 2 aromatic rings. The first-order chi connectivity index (χ1) is 13.4. The molecule has 144 valence electrons. The van der Waals surface area contributed by atoms with Crippen molar-refractivity contribution in [3.8, 4) is 5.75 Å². The minimum Gasteiger partial charge on any atom is -0.492 e. The van der Waals surface area contributed by atoms with Gasteiger partial charge in [0.25, 0.3) is 11.6 Å². The van der Waals surface area contributed by atoms with Crippen molar-refractivity contribution in [3.05, 3.63) is 67.5 Å². The van der Waals surface area contributed by atoms with Crippen LogP contribution in [-0.4, -0.2) is 21.8 Å². The molecule has 28 heavy (non-hydrogen) atoms. The molecule has 2 aromatic carbocycles. The zero-order valence-electron chi connectivity index (χ0n) is 14.8. The molecule has 0 aromatic heterocycles. The van der Waals surface area contributed by atoms with Crippen LogP contribution in [0.15, 0.2) is 51.8 Å². The molecule has 0 N–H and O–H groups in total. The normalized spacial score (nSPS) is 15.4. The molecule has 1 aliphatic heterocycles. The van der Waals surface area contributed by atoms with Crippen LogP contribution in [0.4, 0.5) is 11.4 Å². The van der Waals surface area contributed by atoms with Crippen molar-refractivity contribution in [2.24, 2.45) is 0 Å². The lowest BCUT2D eigenvalue weighted by atomic mass is 10.2. The molecule has 0 bridgehead atoms. The molecule has 0 saturated carbocycles. The Bertz CT molecular complexity index is 994. The minimum atomic E-state index is -0.503. The van der Waals surface area contributed by atoms with E-state index in [9.17, 15) is 14.9 Å². The van der Waals surface area contributed by atoms with Gasteiger partial charge in [-0.25, -0.2) is 0 Å². The van der Waals surface area contributed by atoms with E-state index in [-0.39, 0.29) is 11.6 Å². The third-order valence-electron chi connectivity index (χ3n) is 3.81. The van der Waals surface area contributed by atoms with Gasteiger partial charge in [-0.3, -0.25) is 19.8 Å². The highest BCUT2D eigenvalue weighted by Crippen LogP contribution is 2.37. The Morgan fingerprint density at radius 2 is 2.11 bits per heavy atom. The molecular weight excluding hydrogens is 464 g/mol. The summed E-state index contributed by atoms with van der Waals surface area (Å²) in [5.74, 6) is 0.432. The molecule has 0 radical (unpaired) electrons. The van der Waals surface area contributed by atoms with Crippen LogP contribution >= 0.6 is 39.9 Å². The summed E-state index contributed by atoms with van der Waals surface area (Å²) in [4.78, 5) is 25.1. The van der Waals surface area contributed by atoms with Crippen molar-refractivity contribution in [3.63, 3.8) is 0 Å². The first kappa shape index (κ1) is 20.5. The standard InChI is InChI=1S/C19H15BrN2O4S2/c1-2-8-26-16-7-6-12(9-15(16)20)10-17-18(23)21(19(27)28-17)13-4-3-5-14(11-13)22(24)25/h3-7,9-11H,2,8H2,1H3/b17-10+. The number of carbonyl (C=O) groups excluding carboxylic acids is 1. The summed E-state index contributed by atoms with van der Waals surface area (Å²) in [5.41, 5.74) is 1.10. The van der Waals surface area contributed by atoms with Gasteiger partial charge in [0.05, 0.1) is 26.6 Å². The summed E-state index contributed by atoms with van der Waals surface area (Å²) >= 11 is 9.96. The van der Waals surface area contributed by atoms with E-state index >= 15 is 0 Å². The SMILES string of the molecule is CCCOc1ccc(/C=C2/SC(=S)N(c3cccc([N+](=O)[O-])c3)C2=O)cc1Br. The quantitative estimate of drug-likeness (QED) is 0.234. The number of thioether (sulfide) groups is 1. The second kappa shape index (κ2) is 8.85. The fourth-order valence-corrected chi connectivity index (χ4v) is 4.33. The zero-order valence-corrected chi connectivity index (χ0v) is 18.0. The van der Waals surface area contributed by atoms with E-state index < -0.39 is 4.92 Å². The van der Waals surface area contributed by atoms with E-state index in [1.807, 2.05) is 25.1 Å². The molecule has 0 aliphatic carbocycles. The third-order valence-corrected chi connectivity index (χ3v) is 5.73. The molecule has 1 aliphatic rings. The summed E-state index contributed by atoms with van der Waals surface area (Å²) < 4.78 is 6.76. The number of rotatable bonds is 6. The molecule has 1 saturated heterocycles. The van der Waals surface area contributed by atoms with Crippen molar-refractivity contribution in [1.82, 2.24) is 0 Å². The van der Waals surface area contributed by atoms with Gasteiger partial charge < -0.3 is 4.74 Å². The van der Waals surface area contributed by atoms with Crippen LogP contribution in [0, 0.1) is 10.1 Å². The number of nitro benzene ring substituents is 1. The number of non-ortho nitro benzene ring substituents is 1. The molecule has 0 atom stereocenters. The minimum absolute atomic E-state index is 0.0953. The number of hydrogen-bond acceptors (Lipinski definition) is 6. The fourth-order valence-electron chi connectivity index (χ4n) is 2.52. The van der Waals surface area contributed by atoms with Gasteiger partial charge >= 0.3 is 0 Å². The van der Waals surface area contributed by atoms with Crippen molar-refractivity contribution in [1.29, 1.82) is 0 Å². The first-order valence-corrected chi connectivity index (χ1v) is 10.4. The third kappa shape index (κ3) is 4.43. The van der Waals surface area contributed by atoms with Crippen LogP contribution in [0.5, 0.6) is 5.75 Å². The highest BCUT2D eigenvalue weighted by Gasteiger charge is 2.33. The van der Waals surface area contributed by atoms with Gasteiger partial charge in [0, 0.05) is 12.1 Å². The number of hydrogen-bond donors (Lipinski definition) is 0. The number of nitrogens with zero attached hydrogens (tertiary/aromatic N) is 2. The maximum atomic E-state index is 12.8. The molecule has 3 rings (SSSR count). The second-order valence-electron chi connectivity index (χ2n) is 5.83. The Balaban J connectivity index is 1.86.